The largest absolute Gasteiger partial charge is 0.351 e. The van der Waals surface area contributed by atoms with E-state index < -0.39 is 21.7 Å². The number of nitrogens with zero attached hydrogens (tertiary/aromatic N) is 1. The lowest BCUT2D eigenvalue weighted by molar-refractivity contribution is 0.0955. The average Bonchev–Trinajstić information content (AvgIpc) is 2.36. The summed E-state index contributed by atoms with van der Waals surface area (Å²) in [6.45, 7) is 0.576. The molecule has 0 aromatic heterocycles. The Bertz CT molecular complexity index is 592. The maximum atomic E-state index is 11.8. The molecule has 0 heterocycles. The van der Waals surface area contributed by atoms with Crippen molar-refractivity contribution in [3.05, 3.63) is 29.8 Å². The summed E-state index contributed by atoms with van der Waals surface area (Å²) < 4.78 is 25.2. The van der Waals surface area contributed by atoms with E-state index in [9.17, 15) is 13.2 Å². The molecular formula is C11H14N4O3S. The molecule has 0 fully saturated rings. The van der Waals surface area contributed by atoms with Crippen molar-refractivity contribution >= 4 is 21.6 Å². The molecule has 0 aliphatic carbocycles. The van der Waals surface area contributed by atoms with E-state index in [1.807, 2.05) is 0 Å². The van der Waals surface area contributed by atoms with E-state index in [0.717, 1.165) is 0 Å². The topological polar surface area (TPSA) is 125 Å². The molecule has 0 saturated carbocycles. The maximum Gasteiger partial charge on any atom is 0.253 e. The van der Waals surface area contributed by atoms with Crippen molar-refractivity contribution in [2.75, 3.05) is 23.6 Å². The lowest BCUT2D eigenvalue weighted by Crippen LogP contribution is -2.30. The minimum atomic E-state index is -3.78. The summed E-state index contributed by atoms with van der Waals surface area (Å²) >= 11 is 0. The minimum Gasteiger partial charge on any atom is -0.351 e. The first-order valence-corrected chi connectivity index (χ1v) is 7.10. The van der Waals surface area contributed by atoms with Gasteiger partial charge in [0.25, 0.3) is 5.91 Å². The summed E-state index contributed by atoms with van der Waals surface area (Å²) in [7, 11) is -3.78. The van der Waals surface area contributed by atoms with Crippen molar-refractivity contribution in [2.24, 2.45) is 5.73 Å². The van der Waals surface area contributed by atoms with Crippen LogP contribution in [0.5, 0.6) is 0 Å². The minimum absolute atomic E-state index is 0.132. The smallest absolute Gasteiger partial charge is 0.253 e. The zero-order chi connectivity index (χ0) is 14.3. The molecule has 0 atom stereocenters. The molecular weight excluding hydrogens is 268 g/mol. The molecule has 0 spiro atoms. The second-order valence-corrected chi connectivity index (χ2v) is 5.33. The Morgan fingerprint density at radius 1 is 1.37 bits per heavy atom. The number of nitrogens with two attached hydrogens (primary N) is 1. The fourth-order valence-electron chi connectivity index (χ4n) is 1.34. The molecule has 0 saturated heterocycles. The van der Waals surface area contributed by atoms with Gasteiger partial charge in [-0.05, 0) is 12.1 Å². The Morgan fingerprint density at radius 2 is 2.05 bits per heavy atom. The van der Waals surface area contributed by atoms with E-state index in [-0.39, 0.29) is 24.3 Å². The predicted octanol–water partition coefficient (Wildman–Crippen LogP) is -0.360. The fraction of sp³-hybridized carbons (Fsp3) is 0.273. The molecule has 19 heavy (non-hydrogen) atoms. The molecule has 0 unspecified atom stereocenters. The molecule has 1 aromatic carbocycles. The third kappa shape index (κ3) is 4.57. The van der Waals surface area contributed by atoms with Crippen molar-refractivity contribution in [1.29, 1.82) is 5.26 Å². The lowest BCUT2D eigenvalue weighted by Gasteiger charge is -2.11. The van der Waals surface area contributed by atoms with Gasteiger partial charge in [-0.1, -0.05) is 12.1 Å². The van der Waals surface area contributed by atoms with Gasteiger partial charge >= 0.3 is 0 Å². The standard InChI is InChI=1S/C11H14N4O3S/c12-5-7-14-11(16)9-3-1-2-4-10(9)15-19(17,18)8-6-13/h1-4,15H,5,7-8,12H2,(H,14,16). The Balaban J connectivity index is 2.97. The van der Waals surface area contributed by atoms with Crippen molar-refractivity contribution in [1.82, 2.24) is 5.32 Å². The van der Waals surface area contributed by atoms with E-state index in [4.69, 9.17) is 11.0 Å². The van der Waals surface area contributed by atoms with Crippen LogP contribution in [0.15, 0.2) is 24.3 Å². The van der Waals surface area contributed by atoms with Crippen LogP contribution in [0.25, 0.3) is 0 Å². The number of hydrogen-bond donors (Lipinski definition) is 3. The van der Waals surface area contributed by atoms with Gasteiger partial charge in [-0.3, -0.25) is 9.52 Å². The van der Waals surface area contributed by atoms with E-state index in [2.05, 4.69) is 10.0 Å². The van der Waals surface area contributed by atoms with Gasteiger partial charge in [0, 0.05) is 13.1 Å². The summed E-state index contributed by atoms with van der Waals surface area (Å²) in [5.74, 6) is -1.10. The highest BCUT2D eigenvalue weighted by molar-refractivity contribution is 7.92. The maximum absolute atomic E-state index is 11.8. The van der Waals surface area contributed by atoms with Gasteiger partial charge < -0.3 is 11.1 Å². The van der Waals surface area contributed by atoms with Gasteiger partial charge in [0.1, 0.15) is 0 Å². The number of hydrogen-bond acceptors (Lipinski definition) is 5. The molecule has 0 aliphatic heterocycles. The normalized spacial score (nSPS) is 10.5. The summed E-state index contributed by atoms with van der Waals surface area (Å²) in [4.78, 5) is 11.8. The van der Waals surface area contributed by atoms with Crippen molar-refractivity contribution in [3.63, 3.8) is 0 Å². The van der Waals surface area contributed by atoms with Crippen LogP contribution in [0.3, 0.4) is 0 Å². The van der Waals surface area contributed by atoms with Crippen LogP contribution in [0.2, 0.25) is 0 Å². The van der Waals surface area contributed by atoms with Crippen LogP contribution in [0, 0.1) is 11.3 Å². The fourth-order valence-corrected chi connectivity index (χ4v) is 2.09. The second-order valence-electron chi connectivity index (χ2n) is 3.61. The highest BCUT2D eigenvalue weighted by Crippen LogP contribution is 2.16. The Kier molecular flexibility index (Phi) is 5.29. The van der Waals surface area contributed by atoms with Gasteiger partial charge in [-0.2, -0.15) is 5.26 Å². The van der Waals surface area contributed by atoms with Crippen molar-refractivity contribution < 1.29 is 13.2 Å². The van der Waals surface area contributed by atoms with Crippen LogP contribution in [0.4, 0.5) is 5.69 Å². The van der Waals surface area contributed by atoms with Crippen LogP contribution in [-0.4, -0.2) is 33.2 Å². The number of para-hydroxylation sites is 1. The predicted molar refractivity (Wildman–Crippen MR) is 70.9 cm³/mol. The Hall–Kier alpha value is -2.11. The zero-order valence-corrected chi connectivity index (χ0v) is 10.9. The first-order chi connectivity index (χ1) is 9.00. The summed E-state index contributed by atoms with van der Waals surface area (Å²) in [6, 6.07) is 7.67. The zero-order valence-electron chi connectivity index (χ0n) is 10.1. The molecule has 0 aliphatic rings. The molecule has 1 amide bonds. The van der Waals surface area contributed by atoms with E-state index in [1.165, 1.54) is 12.1 Å². The number of nitrogens with one attached hydrogen (secondary N) is 2. The number of nitriles is 1. The lowest BCUT2D eigenvalue weighted by atomic mass is 10.1. The highest BCUT2D eigenvalue weighted by Gasteiger charge is 2.15. The first-order valence-electron chi connectivity index (χ1n) is 5.45. The van der Waals surface area contributed by atoms with E-state index in [0.29, 0.717) is 0 Å². The number of sulfonamides is 1. The van der Waals surface area contributed by atoms with Gasteiger partial charge in [0.05, 0.1) is 17.3 Å². The van der Waals surface area contributed by atoms with Gasteiger partial charge in [0.2, 0.25) is 10.0 Å². The van der Waals surface area contributed by atoms with Crippen LogP contribution in [-0.2, 0) is 10.0 Å². The number of carbonyl (C=O) groups excluding carboxylic acids is 1. The number of rotatable bonds is 6. The molecule has 0 bridgehead atoms. The molecule has 102 valence electrons. The molecule has 1 rings (SSSR count). The van der Waals surface area contributed by atoms with E-state index >= 15 is 0 Å². The first kappa shape index (κ1) is 14.9. The van der Waals surface area contributed by atoms with Gasteiger partial charge in [0.15, 0.2) is 5.75 Å². The Labute approximate surface area is 111 Å². The molecule has 8 heteroatoms. The highest BCUT2D eigenvalue weighted by atomic mass is 32.2. The Morgan fingerprint density at radius 3 is 2.68 bits per heavy atom. The van der Waals surface area contributed by atoms with Crippen LogP contribution in [0.1, 0.15) is 10.4 Å². The number of amides is 1. The van der Waals surface area contributed by atoms with Crippen molar-refractivity contribution in [3.8, 4) is 6.07 Å². The number of anilines is 1. The van der Waals surface area contributed by atoms with Gasteiger partial charge in [-0.25, -0.2) is 8.42 Å². The van der Waals surface area contributed by atoms with Crippen LogP contribution >= 0.6 is 0 Å². The number of benzene rings is 1. The van der Waals surface area contributed by atoms with E-state index in [1.54, 1.807) is 18.2 Å². The monoisotopic (exact) mass is 282 g/mol. The second kappa shape index (κ2) is 6.72. The third-order valence-electron chi connectivity index (χ3n) is 2.12. The number of carbonyl (C=O) groups is 1. The van der Waals surface area contributed by atoms with Gasteiger partial charge in [-0.15, -0.1) is 0 Å². The quantitative estimate of drug-likeness (QED) is 0.657. The summed E-state index contributed by atoms with van der Waals surface area (Å²) in [5, 5.41) is 11.0. The SMILES string of the molecule is N#CCS(=O)(=O)Nc1ccccc1C(=O)NCCN. The summed E-state index contributed by atoms with van der Waals surface area (Å²) in [6.07, 6.45) is 0. The summed E-state index contributed by atoms with van der Waals surface area (Å²) in [5.41, 5.74) is 5.58. The molecule has 7 nitrogen and oxygen atoms in total. The van der Waals surface area contributed by atoms with Crippen LogP contribution < -0.4 is 15.8 Å². The van der Waals surface area contributed by atoms with Crippen molar-refractivity contribution in [2.45, 2.75) is 0 Å². The molecule has 1 aromatic rings. The average molecular weight is 282 g/mol. The molecule has 0 radical (unpaired) electrons. The third-order valence-corrected chi connectivity index (χ3v) is 3.16. The molecule has 4 N–H and O–H groups in total.